The molecule has 2 N–H and O–H groups in total. The van der Waals surface area contributed by atoms with Crippen molar-refractivity contribution in [1.82, 2.24) is 0 Å². The van der Waals surface area contributed by atoms with Gasteiger partial charge in [-0.1, -0.05) is 29.8 Å². The summed E-state index contributed by atoms with van der Waals surface area (Å²) in [6.07, 6.45) is 0. The Kier molecular flexibility index (Phi) is 4.31. The van der Waals surface area contributed by atoms with Gasteiger partial charge in [0.05, 0.1) is 12.1 Å². The molecule has 106 valence electrons. The lowest BCUT2D eigenvalue weighted by molar-refractivity contribution is 0.224. The number of anilines is 1. The van der Waals surface area contributed by atoms with Crippen LogP contribution in [0.25, 0.3) is 0 Å². The number of hydrogen-bond acceptors (Lipinski definition) is 2. The number of aliphatic hydroxyl groups is 1. The van der Waals surface area contributed by atoms with E-state index < -0.39 is 5.54 Å². The maximum absolute atomic E-state index is 13.5. The largest absolute Gasteiger partial charge is 0.394 e. The van der Waals surface area contributed by atoms with Crippen molar-refractivity contribution in [2.24, 2.45) is 0 Å². The zero-order valence-corrected chi connectivity index (χ0v) is 12.2. The van der Waals surface area contributed by atoms with Gasteiger partial charge in [-0.25, -0.2) is 4.39 Å². The summed E-state index contributed by atoms with van der Waals surface area (Å²) < 4.78 is 13.5. The number of halogens is 2. The van der Waals surface area contributed by atoms with Crippen LogP contribution in [0.5, 0.6) is 0 Å². The molecule has 0 fully saturated rings. The first-order chi connectivity index (χ1) is 9.44. The molecule has 0 aliphatic carbocycles. The zero-order valence-electron chi connectivity index (χ0n) is 11.5. The van der Waals surface area contributed by atoms with Gasteiger partial charge in [-0.3, -0.25) is 0 Å². The fraction of sp³-hybridized carbons (Fsp3) is 0.250. The van der Waals surface area contributed by atoms with Gasteiger partial charge in [0.25, 0.3) is 0 Å². The van der Waals surface area contributed by atoms with Crippen LogP contribution in [0.3, 0.4) is 0 Å². The van der Waals surface area contributed by atoms with Crippen LogP contribution in [-0.2, 0) is 5.54 Å². The van der Waals surface area contributed by atoms with E-state index in [0.29, 0.717) is 10.7 Å². The lowest BCUT2D eigenvalue weighted by Crippen LogP contribution is -2.36. The molecule has 1 unspecified atom stereocenters. The molecule has 0 heterocycles. The number of hydrogen-bond donors (Lipinski definition) is 2. The zero-order chi connectivity index (χ0) is 14.8. The van der Waals surface area contributed by atoms with Crippen LogP contribution in [0, 0.1) is 12.7 Å². The Balaban J connectivity index is 2.39. The van der Waals surface area contributed by atoms with E-state index in [1.54, 1.807) is 6.07 Å². The Hall–Kier alpha value is -1.58. The van der Waals surface area contributed by atoms with E-state index in [2.05, 4.69) is 5.32 Å². The van der Waals surface area contributed by atoms with E-state index in [1.165, 1.54) is 12.1 Å². The molecule has 4 heteroatoms. The van der Waals surface area contributed by atoms with E-state index in [1.807, 2.05) is 38.1 Å². The summed E-state index contributed by atoms with van der Waals surface area (Å²) in [5, 5.41) is 13.5. The standard InChI is InChI=1S/C16H17ClFNO/c1-11-7-12(18)9-13(8-11)19-16(2,10-20)14-5-3-4-6-15(14)17/h3-9,19-20H,10H2,1-2H3. The van der Waals surface area contributed by atoms with Crippen molar-refractivity contribution < 1.29 is 9.50 Å². The maximum atomic E-state index is 13.5. The lowest BCUT2D eigenvalue weighted by Gasteiger charge is -2.31. The van der Waals surface area contributed by atoms with Crippen molar-refractivity contribution in [2.75, 3.05) is 11.9 Å². The summed E-state index contributed by atoms with van der Waals surface area (Å²) in [5.74, 6) is -0.313. The molecule has 0 aliphatic rings. The number of benzene rings is 2. The molecule has 0 radical (unpaired) electrons. The Labute approximate surface area is 123 Å². The predicted octanol–water partition coefficient (Wildman–Crippen LogP) is 4.11. The van der Waals surface area contributed by atoms with Crippen LogP contribution in [0.15, 0.2) is 42.5 Å². The molecule has 2 aromatic rings. The van der Waals surface area contributed by atoms with Gasteiger partial charge in [-0.15, -0.1) is 0 Å². The van der Waals surface area contributed by atoms with Crippen molar-refractivity contribution in [3.05, 3.63) is 64.4 Å². The van der Waals surface area contributed by atoms with Crippen LogP contribution in [0.4, 0.5) is 10.1 Å². The summed E-state index contributed by atoms with van der Waals surface area (Å²) in [5.41, 5.74) is 1.41. The molecule has 0 amide bonds. The molecule has 1 atom stereocenters. The van der Waals surface area contributed by atoms with Gasteiger partial charge in [-0.05, 0) is 49.2 Å². The summed E-state index contributed by atoms with van der Waals surface area (Å²) in [4.78, 5) is 0. The summed E-state index contributed by atoms with van der Waals surface area (Å²) >= 11 is 6.19. The fourth-order valence-corrected chi connectivity index (χ4v) is 2.57. The molecule has 2 aromatic carbocycles. The highest BCUT2D eigenvalue weighted by molar-refractivity contribution is 6.31. The minimum atomic E-state index is -0.779. The molecule has 0 aromatic heterocycles. The Morgan fingerprint density at radius 3 is 2.55 bits per heavy atom. The van der Waals surface area contributed by atoms with Gasteiger partial charge in [-0.2, -0.15) is 0 Å². The Bertz CT molecular complexity index is 597. The molecule has 0 bridgehead atoms. The molecular formula is C16H17ClFNO. The molecule has 2 rings (SSSR count). The molecule has 20 heavy (non-hydrogen) atoms. The average molecular weight is 294 g/mol. The van der Waals surface area contributed by atoms with Crippen LogP contribution in [-0.4, -0.2) is 11.7 Å². The molecule has 2 nitrogen and oxygen atoms in total. The minimum absolute atomic E-state index is 0.160. The lowest BCUT2D eigenvalue weighted by atomic mass is 9.92. The monoisotopic (exact) mass is 293 g/mol. The Morgan fingerprint density at radius 2 is 1.95 bits per heavy atom. The predicted molar refractivity (Wildman–Crippen MR) is 80.6 cm³/mol. The maximum Gasteiger partial charge on any atom is 0.125 e. The van der Waals surface area contributed by atoms with Gasteiger partial charge in [0.2, 0.25) is 0 Å². The SMILES string of the molecule is Cc1cc(F)cc(NC(C)(CO)c2ccccc2Cl)c1. The number of aliphatic hydroxyl groups excluding tert-OH is 1. The highest BCUT2D eigenvalue weighted by Crippen LogP contribution is 2.31. The van der Waals surface area contributed by atoms with Crippen molar-refractivity contribution in [3.8, 4) is 0 Å². The third-order valence-electron chi connectivity index (χ3n) is 3.25. The van der Waals surface area contributed by atoms with Crippen LogP contribution in [0.2, 0.25) is 5.02 Å². The van der Waals surface area contributed by atoms with Gasteiger partial charge >= 0.3 is 0 Å². The summed E-state index contributed by atoms with van der Waals surface area (Å²) in [7, 11) is 0. The van der Waals surface area contributed by atoms with E-state index in [9.17, 15) is 9.50 Å². The molecule has 0 spiro atoms. The third kappa shape index (κ3) is 3.11. The summed E-state index contributed by atoms with van der Waals surface area (Å²) in [6, 6.07) is 12.0. The topological polar surface area (TPSA) is 32.3 Å². The van der Waals surface area contributed by atoms with Crippen molar-refractivity contribution in [3.63, 3.8) is 0 Å². The summed E-state index contributed by atoms with van der Waals surface area (Å²) in [6.45, 7) is 3.49. The van der Waals surface area contributed by atoms with Gasteiger partial charge in [0, 0.05) is 10.7 Å². The first-order valence-corrected chi connectivity index (χ1v) is 6.74. The van der Waals surface area contributed by atoms with Crippen molar-refractivity contribution in [2.45, 2.75) is 19.4 Å². The van der Waals surface area contributed by atoms with Crippen LogP contribution < -0.4 is 5.32 Å². The first kappa shape index (κ1) is 14.8. The van der Waals surface area contributed by atoms with E-state index in [4.69, 9.17) is 11.6 Å². The van der Waals surface area contributed by atoms with E-state index in [-0.39, 0.29) is 12.4 Å². The van der Waals surface area contributed by atoms with Gasteiger partial charge in [0.15, 0.2) is 0 Å². The Morgan fingerprint density at radius 1 is 1.25 bits per heavy atom. The molecular weight excluding hydrogens is 277 g/mol. The highest BCUT2D eigenvalue weighted by Gasteiger charge is 2.28. The van der Waals surface area contributed by atoms with Crippen LogP contribution >= 0.6 is 11.6 Å². The second-order valence-electron chi connectivity index (χ2n) is 5.11. The van der Waals surface area contributed by atoms with Crippen molar-refractivity contribution in [1.29, 1.82) is 0 Å². The quantitative estimate of drug-likeness (QED) is 0.889. The number of aryl methyl sites for hydroxylation is 1. The number of nitrogens with one attached hydrogen (secondary N) is 1. The van der Waals surface area contributed by atoms with Crippen LogP contribution in [0.1, 0.15) is 18.1 Å². The second-order valence-corrected chi connectivity index (χ2v) is 5.52. The van der Waals surface area contributed by atoms with E-state index in [0.717, 1.165) is 11.1 Å². The number of rotatable bonds is 4. The smallest absolute Gasteiger partial charge is 0.125 e. The van der Waals surface area contributed by atoms with Gasteiger partial charge < -0.3 is 10.4 Å². The second kappa shape index (κ2) is 5.81. The first-order valence-electron chi connectivity index (χ1n) is 6.36. The fourth-order valence-electron chi connectivity index (χ4n) is 2.23. The molecule has 0 aliphatic heterocycles. The minimum Gasteiger partial charge on any atom is -0.394 e. The molecule has 0 saturated heterocycles. The van der Waals surface area contributed by atoms with E-state index >= 15 is 0 Å². The third-order valence-corrected chi connectivity index (χ3v) is 3.58. The molecule has 0 saturated carbocycles. The van der Waals surface area contributed by atoms with Gasteiger partial charge in [0.1, 0.15) is 5.82 Å². The van der Waals surface area contributed by atoms with Crippen molar-refractivity contribution >= 4 is 17.3 Å². The highest BCUT2D eigenvalue weighted by atomic mass is 35.5. The average Bonchev–Trinajstić information content (AvgIpc) is 2.37. The normalized spacial score (nSPS) is 13.8.